The third kappa shape index (κ3) is 1.82. The van der Waals surface area contributed by atoms with Gasteiger partial charge in [0.2, 0.25) is 0 Å². The van der Waals surface area contributed by atoms with Crippen molar-refractivity contribution in [2.24, 2.45) is 5.73 Å². The number of benzene rings is 1. The van der Waals surface area contributed by atoms with E-state index in [-0.39, 0.29) is 0 Å². The van der Waals surface area contributed by atoms with Crippen LogP contribution in [-0.4, -0.2) is 15.2 Å². The Morgan fingerprint density at radius 3 is 2.44 bits per heavy atom. The second-order valence-electron chi connectivity index (χ2n) is 4.26. The van der Waals surface area contributed by atoms with Crippen molar-refractivity contribution in [3.63, 3.8) is 0 Å². The van der Waals surface area contributed by atoms with Gasteiger partial charge in [0.05, 0.1) is 11.8 Å². The molecule has 0 saturated carbocycles. The predicted molar refractivity (Wildman–Crippen MR) is 74.2 cm³/mol. The van der Waals surface area contributed by atoms with Crippen LogP contribution in [0.2, 0.25) is 0 Å². The van der Waals surface area contributed by atoms with E-state index in [1.54, 1.807) is 6.20 Å². The second kappa shape index (κ2) is 4.34. The summed E-state index contributed by atoms with van der Waals surface area (Å²) in [6.45, 7) is 1.65. The summed E-state index contributed by atoms with van der Waals surface area (Å²) in [5.41, 5.74) is 9.14. The molecule has 0 aliphatic carbocycles. The molecule has 0 bridgehead atoms. The van der Waals surface area contributed by atoms with Gasteiger partial charge in [-0.2, -0.15) is 5.10 Å². The monoisotopic (exact) mass is 256 g/mol. The van der Waals surface area contributed by atoms with Crippen LogP contribution in [0.15, 0.2) is 36.5 Å². The summed E-state index contributed by atoms with van der Waals surface area (Å²) in [6.07, 6.45) is 1.61. The highest BCUT2D eigenvalue weighted by atomic mass is 32.1. The molecule has 1 aliphatic heterocycles. The zero-order chi connectivity index (χ0) is 12.5. The van der Waals surface area contributed by atoms with Crippen LogP contribution in [0.3, 0.4) is 0 Å². The average molecular weight is 256 g/mol. The van der Waals surface area contributed by atoms with E-state index in [1.165, 1.54) is 11.1 Å². The maximum atomic E-state index is 5.72. The molecule has 3 rings (SSSR count). The zero-order valence-corrected chi connectivity index (χ0v) is 10.5. The molecule has 0 spiro atoms. The van der Waals surface area contributed by atoms with Crippen LogP contribution in [-0.2, 0) is 13.1 Å². The van der Waals surface area contributed by atoms with Crippen molar-refractivity contribution in [1.29, 1.82) is 0 Å². The van der Waals surface area contributed by atoms with Crippen LogP contribution >= 0.6 is 12.2 Å². The third-order valence-electron chi connectivity index (χ3n) is 3.11. The Hall–Kier alpha value is -2.01. The van der Waals surface area contributed by atoms with Crippen molar-refractivity contribution in [1.82, 2.24) is 10.2 Å². The van der Waals surface area contributed by atoms with Gasteiger partial charge in [-0.3, -0.25) is 0 Å². The van der Waals surface area contributed by atoms with Crippen LogP contribution in [0.4, 0.5) is 5.82 Å². The van der Waals surface area contributed by atoms with Gasteiger partial charge >= 0.3 is 0 Å². The molecule has 1 aromatic heterocycles. The van der Waals surface area contributed by atoms with E-state index in [9.17, 15) is 0 Å². The minimum Gasteiger partial charge on any atom is -0.389 e. The van der Waals surface area contributed by atoms with E-state index in [4.69, 9.17) is 18.0 Å². The van der Waals surface area contributed by atoms with Gasteiger partial charge in [-0.15, -0.1) is 5.10 Å². The standard InChI is InChI=1S/C13H12N4S/c14-12(18)11-5-6-15-16-13(11)17-7-9-3-1-2-4-10(9)8-17/h1-6H,7-8H2,(H2,14,18). The highest BCUT2D eigenvalue weighted by Crippen LogP contribution is 2.28. The highest BCUT2D eigenvalue weighted by molar-refractivity contribution is 7.80. The largest absolute Gasteiger partial charge is 0.389 e. The molecule has 1 aromatic carbocycles. The molecule has 2 N–H and O–H groups in total. The molecule has 1 aliphatic rings. The van der Waals surface area contributed by atoms with Crippen LogP contribution in [0.5, 0.6) is 0 Å². The van der Waals surface area contributed by atoms with Gasteiger partial charge in [-0.1, -0.05) is 36.5 Å². The Bertz CT molecular complexity index is 586. The molecular weight excluding hydrogens is 244 g/mol. The average Bonchev–Trinajstić information content (AvgIpc) is 2.82. The molecule has 0 amide bonds. The fourth-order valence-corrected chi connectivity index (χ4v) is 2.39. The van der Waals surface area contributed by atoms with E-state index >= 15 is 0 Å². The fraction of sp³-hybridized carbons (Fsp3) is 0.154. The van der Waals surface area contributed by atoms with E-state index in [1.807, 2.05) is 18.2 Å². The van der Waals surface area contributed by atoms with E-state index < -0.39 is 0 Å². The Balaban J connectivity index is 1.98. The molecule has 18 heavy (non-hydrogen) atoms. The van der Waals surface area contributed by atoms with Gasteiger partial charge in [-0.25, -0.2) is 0 Å². The molecule has 4 nitrogen and oxygen atoms in total. The first-order valence-corrected chi connectivity index (χ1v) is 6.10. The highest BCUT2D eigenvalue weighted by Gasteiger charge is 2.22. The summed E-state index contributed by atoms with van der Waals surface area (Å²) in [7, 11) is 0. The lowest BCUT2D eigenvalue weighted by molar-refractivity contribution is 0.829. The summed E-state index contributed by atoms with van der Waals surface area (Å²) < 4.78 is 0. The molecule has 0 atom stereocenters. The van der Waals surface area contributed by atoms with E-state index in [0.29, 0.717) is 4.99 Å². The topological polar surface area (TPSA) is 55.0 Å². The number of anilines is 1. The quantitative estimate of drug-likeness (QED) is 0.828. The lowest BCUT2D eigenvalue weighted by Crippen LogP contribution is -2.22. The first-order chi connectivity index (χ1) is 8.75. The van der Waals surface area contributed by atoms with Gasteiger partial charge in [-0.05, 0) is 17.2 Å². The number of nitrogens with two attached hydrogens (primary N) is 1. The number of aromatic nitrogens is 2. The Morgan fingerprint density at radius 2 is 1.83 bits per heavy atom. The summed E-state index contributed by atoms with van der Waals surface area (Å²) in [4.78, 5) is 2.50. The van der Waals surface area contributed by atoms with Crippen molar-refractivity contribution >= 4 is 23.0 Å². The third-order valence-corrected chi connectivity index (χ3v) is 3.33. The normalized spacial score (nSPS) is 13.4. The molecule has 90 valence electrons. The smallest absolute Gasteiger partial charge is 0.162 e. The van der Waals surface area contributed by atoms with E-state index in [0.717, 1.165) is 24.5 Å². The molecule has 0 saturated heterocycles. The van der Waals surface area contributed by atoms with Gasteiger partial charge in [0.25, 0.3) is 0 Å². The number of hydrogen-bond donors (Lipinski definition) is 1. The minimum absolute atomic E-state index is 0.357. The number of fused-ring (bicyclic) bond motifs is 1. The predicted octanol–water partition coefficient (Wildman–Crippen LogP) is 1.63. The SMILES string of the molecule is NC(=S)c1ccnnc1N1Cc2ccccc2C1. The Morgan fingerprint density at radius 1 is 1.17 bits per heavy atom. The van der Waals surface area contributed by atoms with Gasteiger partial charge in [0, 0.05) is 13.1 Å². The summed E-state index contributed by atoms with van der Waals surface area (Å²) in [6, 6.07) is 10.2. The Labute approximate surface area is 110 Å². The van der Waals surface area contributed by atoms with Crippen molar-refractivity contribution in [3.8, 4) is 0 Å². The van der Waals surface area contributed by atoms with E-state index in [2.05, 4.69) is 27.2 Å². The van der Waals surface area contributed by atoms with Crippen LogP contribution in [0, 0.1) is 0 Å². The van der Waals surface area contributed by atoms with Gasteiger partial charge < -0.3 is 10.6 Å². The van der Waals surface area contributed by atoms with Crippen molar-refractivity contribution in [2.75, 3.05) is 4.90 Å². The van der Waals surface area contributed by atoms with Crippen LogP contribution < -0.4 is 10.6 Å². The first kappa shape index (κ1) is 11.1. The molecule has 0 unspecified atom stereocenters. The number of rotatable bonds is 2. The number of nitrogens with zero attached hydrogens (tertiary/aromatic N) is 3. The van der Waals surface area contributed by atoms with Gasteiger partial charge in [0.15, 0.2) is 5.82 Å². The number of thiocarbonyl (C=S) groups is 1. The lowest BCUT2D eigenvalue weighted by Gasteiger charge is -2.18. The summed E-state index contributed by atoms with van der Waals surface area (Å²) >= 11 is 5.05. The molecule has 0 radical (unpaired) electrons. The maximum Gasteiger partial charge on any atom is 0.162 e. The number of hydrogen-bond acceptors (Lipinski definition) is 4. The van der Waals surface area contributed by atoms with Crippen molar-refractivity contribution < 1.29 is 0 Å². The molecular formula is C13H12N4S. The van der Waals surface area contributed by atoms with Gasteiger partial charge in [0.1, 0.15) is 4.99 Å². The van der Waals surface area contributed by atoms with Crippen molar-refractivity contribution in [2.45, 2.75) is 13.1 Å². The minimum atomic E-state index is 0.357. The van der Waals surface area contributed by atoms with Crippen LogP contribution in [0.25, 0.3) is 0 Å². The summed E-state index contributed by atoms with van der Waals surface area (Å²) in [5, 5.41) is 8.10. The molecule has 2 heterocycles. The zero-order valence-electron chi connectivity index (χ0n) is 9.71. The Kier molecular flexibility index (Phi) is 2.68. The molecule has 2 aromatic rings. The maximum absolute atomic E-state index is 5.72. The molecule has 5 heteroatoms. The first-order valence-electron chi connectivity index (χ1n) is 5.69. The molecule has 0 fully saturated rings. The summed E-state index contributed by atoms with van der Waals surface area (Å²) in [5.74, 6) is 0.765. The second-order valence-corrected chi connectivity index (χ2v) is 4.70. The fourth-order valence-electron chi connectivity index (χ4n) is 2.23. The van der Waals surface area contributed by atoms with Crippen LogP contribution in [0.1, 0.15) is 16.7 Å². The lowest BCUT2D eigenvalue weighted by atomic mass is 10.1. The van der Waals surface area contributed by atoms with Crippen molar-refractivity contribution in [3.05, 3.63) is 53.2 Å².